The van der Waals surface area contributed by atoms with Crippen molar-refractivity contribution in [1.82, 2.24) is 0 Å². The lowest BCUT2D eigenvalue weighted by Crippen LogP contribution is -2.10. The summed E-state index contributed by atoms with van der Waals surface area (Å²) in [4.78, 5) is 11.0. The number of halogens is 1. The molecule has 1 saturated carbocycles. The van der Waals surface area contributed by atoms with Crippen LogP contribution in [0.2, 0.25) is 5.02 Å². The van der Waals surface area contributed by atoms with Crippen LogP contribution in [0.5, 0.6) is 0 Å². The Bertz CT molecular complexity index is 549. The Morgan fingerprint density at radius 3 is 2.18 bits per heavy atom. The molecule has 92 valence electrons. The maximum Gasteiger partial charge on any atom is 0.308 e. The van der Waals surface area contributed by atoms with Crippen LogP contribution in [0.1, 0.15) is 11.5 Å². The van der Waals surface area contributed by atoms with Crippen LogP contribution in [0, 0.1) is 5.92 Å². The van der Waals surface area contributed by atoms with Crippen molar-refractivity contribution in [1.29, 1.82) is 0 Å². The molecule has 0 aromatic heterocycles. The van der Waals surface area contributed by atoms with E-state index in [1.165, 1.54) is 0 Å². The normalized spacial score (nSPS) is 27.8. The van der Waals surface area contributed by atoms with Crippen molar-refractivity contribution in [2.24, 2.45) is 5.92 Å². The summed E-state index contributed by atoms with van der Waals surface area (Å²) < 4.78 is 22.9. The van der Waals surface area contributed by atoms with Crippen molar-refractivity contribution in [3.8, 4) is 0 Å². The van der Waals surface area contributed by atoms with Crippen LogP contribution in [0.15, 0.2) is 24.3 Å². The van der Waals surface area contributed by atoms with Gasteiger partial charge in [-0.05, 0) is 17.7 Å². The van der Waals surface area contributed by atoms with Crippen molar-refractivity contribution < 1.29 is 18.3 Å². The van der Waals surface area contributed by atoms with Crippen molar-refractivity contribution in [3.63, 3.8) is 0 Å². The minimum atomic E-state index is -3.35. The molecule has 1 aromatic rings. The zero-order valence-electron chi connectivity index (χ0n) is 9.00. The third kappa shape index (κ3) is 2.30. The van der Waals surface area contributed by atoms with Crippen LogP contribution in [0.4, 0.5) is 0 Å². The summed E-state index contributed by atoms with van der Waals surface area (Å²) in [5, 5.41) is 8.70. The van der Waals surface area contributed by atoms with E-state index in [1.807, 2.05) is 0 Å². The molecule has 0 unspecified atom stereocenters. The molecule has 3 atom stereocenters. The second-order valence-corrected chi connectivity index (χ2v) is 6.88. The standard InChI is InChI=1S/C11H11ClO4S/c1-17(15,16)10-8(9(10)11(13)14)6-2-4-7(12)5-3-6/h2-5,8-10H,1H3,(H,13,14)/t8-,9-,10+/m0/s1. The van der Waals surface area contributed by atoms with E-state index in [2.05, 4.69) is 0 Å². The Balaban J connectivity index is 2.34. The van der Waals surface area contributed by atoms with Crippen molar-refractivity contribution in [2.75, 3.05) is 6.26 Å². The van der Waals surface area contributed by atoms with E-state index in [9.17, 15) is 13.2 Å². The Hall–Kier alpha value is -1.07. The maximum atomic E-state index is 11.5. The number of carboxylic acids is 1. The third-order valence-corrected chi connectivity index (χ3v) is 4.82. The Morgan fingerprint density at radius 2 is 1.82 bits per heavy atom. The van der Waals surface area contributed by atoms with Gasteiger partial charge in [0.25, 0.3) is 0 Å². The van der Waals surface area contributed by atoms with Gasteiger partial charge in [-0.1, -0.05) is 23.7 Å². The van der Waals surface area contributed by atoms with Gasteiger partial charge < -0.3 is 5.11 Å². The fraction of sp³-hybridized carbons (Fsp3) is 0.364. The first kappa shape index (κ1) is 12.4. The summed E-state index contributed by atoms with van der Waals surface area (Å²) in [6, 6.07) is 6.61. The molecule has 17 heavy (non-hydrogen) atoms. The molecular formula is C11H11ClO4S. The molecule has 0 radical (unpaired) electrons. The fourth-order valence-electron chi connectivity index (χ4n) is 2.19. The lowest BCUT2D eigenvalue weighted by Gasteiger charge is -1.99. The molecule has 2 rings (SSSR count). The Labute approximate surface area is 104 Å². The van der Waals surface area contributed by atoms with Crippen molar-refractivity contribution >= 4 is 27.4 Å². The molecule has 1 aliphatic rings. The quantitative estimate of drug-likeness (QED) is 0.908. The summed E-state index contributed by atoms with van der Waals surface area (Å²) >= 11 is 5.73. The zero-order chi connectivity index (χ0) is 12.8. The molecule has 0 bridgehead atoms. The van der Waals surface area contributed by atoms with E-state index in [4.69, 9.17) is 16.7 Å². The predicted octanol–water partition coefficient (Wildman–Crippen LogP) is 1.55. The number of carboxylic acid groups (broad SMARTS) is 1. The predicted molar refractivity (Wildman–Crippen MR) is 64.0 cm³/mol. The van der Waals surface area contributed by atoms with Gasteiger partial charge in [-0.25, -0.2) is 8.42 Å². The molecule has 1 aromatic carbocycles. The highest BCUT2D eigenvalue weighted by Crippen LogP contribution is 2.52. The summed E-state index contributed by atoms with van der Waals surface area (Å²) in [7, 11) is -3.35. The van der Waals surface area contributed by atoms with Gasteiger partial charge in [-0.15, -0.1) is 0 Å². The topological polar surface area (TPSA) is 71.4 Å². The summed E-state index contributed by atoms with van der Waals surface area (Å²) in [6.07, 6.45) is 1.07. The highest BCUT2D eigenvalue weighted by Gasteiger charge is 2.61. The first-order valence-corrected chi connectivity index (χ1v) is 7.33. The molecule has 0 aliphatic heterocycles. The number of hydrogen-bond donors (Lipinski definition) is 1. The van der Waals surface area contributed by atoms with Crippen LogP contribution < -0.4 is 0 Å². The highest BCUT2D eigenvalue weighted by atomic mass is 35.5. The number of rotatable bonds is 3. The molecule has 0 amide bonds. The fourth-order valence-corrected chi connectivity index (χ4v) is 3.90. The number of carbonyl (C=O) groups is 1. The van der Waals surface area contributed by atoms with Crippen LogP contribution in [0.3, 0.4) is 0 Å². The smallest absolute Gasteiger partial charge is 0.308 e. The second-order valence-electron chi connectivity index (χ2n) is 4.24. The number of hydrogen-bond acceptors (Lipinski definition) is 3. The van der Waals surface area contributed by atoms with Gasteiger partial charge >= 0.3 is 5.97 Å². The SMILES string of the molecule is CS(=O)(=O)[C@H]1[C@@H](C(=O)O)[C@@H]1c1ccc(Cl)cc1. The molecule has 1 aliphatic carbocycles. The lowest BCUT2D eigenvalue weighted by molar-refractivity contribution is -0.138. The monoisotopic (exact) mass is 274 g/mol. The van der Waals surface area contributed by atoms with Crippen LogP contribution in [-0.4, -0.2) is 31.0 Å². The van der Waals surface area contributed by atoms with Crippen LogP contribution in [0.25, 0.3) is 0 Å². The van der Waals surface area contributed by atoms with E-state index in [0.717, 1.165) is 6.26 Å². The average molecular weight is 275 g/mol. The number of aliphatic carboxylic acids is 1. The molecule has 1 fully saturated rings. The van der Waals surface area contributed by atoms with Gasteiger partial charge in [0, 0.05) is 17.2 Å². The summed E-state index contributed by atoms with van der Waals surface area (Å²) in [5.74, 6) is -2.37. The van der Waals surface area contributed by atoms with Gasteiger partial charge in [-0.2, -0.15) is 0 Å². The number of sulfone groups is 1. The van der Waals surface area contributed by atoms with E-state index >= 15 is 0 Å². The zero-order valence-corrected chi connectivity index (χ0v) is 10.6. The highest BCUT2D eigenvalue weighted by molar-refractivity contribution is 7.91. The summed E-state index contributed by atoms with van der Waals surface area (Å²) in [5.41, 5.74) is 0.706. The molecule has 6 heteroatoms. The Morgan fingerprint density at radius 1 is 1.29 bits per heavy atom. The maximum absolute atomic E-state index is 11.5. The molecular weight excluding hydrogens is 264 g/mol. The van der Waals surface area contributed by atoms with E-state index in [-0.39, 0.29) is 0 Å². The molecule has 0 saturated heterocycles. The summed E-state index contributed by atoms with van der Waals surface area (Å²) in [6.45, 7) is 0. The molecule has 0 spiro atoms. The minimum absolute atomic E-state index is 0.459. The van der Waals surface area contributed by atoms with Gasteiger partial charge in [0.2, 0.25) is 0 Å². The van der Waals surface area contributed by atoms with E-state index in [1.54, 1.807) is 24.3 Å². The Kier molecular flexibility index (Phi) is 2.91. The lowest BCUT2D eigenvalue weighted by atomic mass is 10.1. The van der Waals surface area contributed by atoms with Gasteiger partial charge in [-0.3, -0.25) is 4.79 Å². The molecule has 1 N–H and O–H groups in total. The van der Waals surface area contributed by atoms with Crippen molar-refractivity contribution in [3.05, 3.63) is 34.9 Å². The van der Waals surface area contributed by atoms with Crippen LogP contribution in [-0.2, 0) is 14.6 Å². The molecule has 4 nitrogen and oxygen atoms in total. The second kappa shape index (κ2) is 3.99. The van der Waals surface area contributed by atoms with Gasteiger partial charge in [0.15, 0.2) is 9.84 Å². The molecule has 0 heterocycles. The first-order chi connectivity index (χ1) is 7.82. The third-order valence-electron chi connectivity index (χ3n) is 2.99. The van der Waals surface area contributed by atoms with Gasteiger partial charge in [0.05, 0.1) is 11.2 Å². The van der Waals surface area contributed by atoms with E-state index < -0.39 is 32.9 Å². The van der Waals surface area contributed by atoms with Gasteiger partial charge in [0.1, 0.15) is 0 Å². The average Bonchev–Trinajstić information content (AvgIpc) is 2.93. The van der Waals surface area contributed by atoms with Crippen LogP contribution >= 0.6 is 11.6 Å². The first-order valence-electron chi connectivity index (χ1n) is 4.99. The minimum Gasteiger partial charge on any atom is -0.481 e. The van der Waals surface area contributed by atoms with Crippen molar-refractivity contribution in [2.45, 2.75) is 11.2 Å². The van der Waals surface area contributed by atoms with E-state index in [0.29, 0.717) is 10.6 Å². The number of benzene rings is 1. The largest absolute Gasteiger partial charge is 0.481 e.